The average molecular weight is 445 g/mol. The van der Waals surface area contributed by atoms with Crippen LogP contribution >= 0.6 is 23.4 Å². The van der Waals surface area contributed by atoms with E-state index < -0.39 is 6.04 Å². The van der Waals surface area contributed by atoms with Gasteiger partial charge in [0.1, 0.15) is 11.4 Å². The van der Waals surface area contributed by atoms with Crippen molar-refractivity contribution in [3.63, 3.8) is 0 Å². The Hall–Kier alpha value is -1.98. The average Bonchev–Trinajstić information content (AvgIpc) is 2.75. The summed E-state index contributed by atoms with van der Waals surface area (Å²) in [5.74, 6) is 0.702. The van der Waals surface area contributed by atoms with Crippen LogP contribution in [0.4, 0.5) is 0 Å². The molecule has 1 saturated heterocycles. The third-order valence-electron chi connectivity index (χ3n) is 5.32. The minimum atomic E-state index is -0.406. The van der Waals surface area contributed by atoms with Crippen molar-refractivity contribution in [2.75, 3.05) is 6.54 Å². The van der Waals surface area contributed by atoms with Gasteiger partial charge in [0, 0.05) is 24.2 Å². The first-order valence-electron chi connectivity index (χ1n) is 10.5. The summed E-state index contributed by atoms with van der Waals surface area (Å²) < 4.78 is 0. The van der Waals surface area contributed by atoms with Gasteiger partial charge in [0.05, 0.1) is 0 Å². The molecule has 2 amide bonds. The quantitative estimate of drug-likeness (QED) is 0.389. The van der Waals surface area contributed by atoms with Crippen molar-refractivity contribution in [1.29, 1.82) is 0 Å². The molecule has 1 fully saturated rings. The van der Waals surface area contributed by atoms with Gasteiger partial charge in [0.15, 0.2) is 0 Å². The molecule has 0 aliphatic carbocycles. The molecule has 160 valence electrons. The third kappa shape index (κ3) is 6.26. The lowest BCUT2D eigenvalue weighted by Crippen LogP contribution is -2.69. The van der Waals surface area contributed by atoms with Crippen molar-refractivity contribution >= 4 is 35.2 Å². The Kier molecular flexibility index (Phi) is 8.64. The summed E-state index contributed by atoms with van der Waals surface area (Å²) in [7, 11) is 0. The molecule has 4 nitrogen and oxygen atoms in total. The Bertz CT molecular complexity index is 846. The van der Waals surface area contributed by atoms with Gasteiger partial charge in [-0.2, -0.15) is 0 Å². The fourth-order valence-corrected chi connectivity index (χ4v) is 5.26. The van der Waals surface area contributed by atoms with Crippen LogP contribution in [0.25, 0.3) is 0 Å². The lowest BCUT2D eigenvalue weighted by molar-refractivity contribution is -0.148. The van der Waals surface area contributed by atoms with E-state index in [-0.39, 0.29) is 17.2 Å². The maximum atomic E-state index is 12.5. The van der Waals surface area contributed by atoms with E-state index in [4.69, 9.17) is 11.6 Å². The van der Waals surface area contributed by atoms with E-state index in [1.165, 1.54) is 18.1 Å². The van der Waals surface area contributed by atoms with Gasteiger partial charge in [0.2, 0.25) is 11.8 Å². The Labute approximate surface area is 188 Å². The number of hydrogen-bond acceptors (Lipinski definition) is 3. The molecule has 6 heteroatoms. The van der Waals surface area contributed by atoms with Crippen molar-refractivity contribution < 1.29 is 9.59 Å². The van der Waals surface area contributed by atoms with E-state index in [1.807, 2.05) is 41.3 Å². The molecule has 0 saturated carbocycles. The topological polar surface area (TPSA) is 49.4 Å². The van der Waals surface area contributed by atoms with Crippen LogP contribution in [0.2, 0.25) is 5.02 Å². The Morgan fingerprint density at radius 1 is 1.03 bits per heavy atom. The van der Waals surface area contributed by atoms with Gasteiger partial charge in [0.25, 0.3) is 0 Å². The predicted octanol–water partition coefficient (Wildman–Crippen LogP) is 5.05. The molecule has 1 heterocycles. The number of amides is 2. The van der Waals surface area contributed by atoms with Crippen LogP contribution in [0.15, 0.2) is 54.6 Å². The first-order valence-corrected chi connectivity index (χ1v) is 12.0. The molecule has 1 aliphatic heterocycles. The maximum Gasteiger partial charge on any atom is 0.249 e. The summed E-state index contributed by atoms with van der Waals surface area (Å²) in [5, 5.41) is 3.66. The fourth-order valence-electron chi connectivity index (χ4n) is 3.71. The highest BCUT2D eigenvalue weighted by Gasteiger charge is 2.47. The molecule has 0 radical (unpaired) electrons. The standard InChI is InChI=1S/C24H29ClN2O2S/c1-18(28)26-22-23(29)27(24(22)30-17-19-11-5-4-6-12-19)16-10-3-2-7-13-20-14-8-9-15-21(20)25/h4-6,8-9,11-12,14-15,22,24H,2-3,7,10,13,16-17H2,1H3,(H,26,28). The first-order chi connectivity index (χ1) is 14.6. The summed E-state index contributed by atoms with van der Waals surface area (Å²) in [6, 6.07) is 17.8. The number of carbonyl (C=O) groups is 2. The van der Waals surface area contributed by atoms with Crippen LogP contribution in [0.1, 0.15) is 43.7 Å². The summed E-state index contributed by atoms with van der Waals surface area (Å²) in [6.07, 6.45) is 5.25. The number of benzene rings is 2. The van der Waals surface area contributed by atoms with Crippen molar-refractivity contribution in [2.24, 2.45) is 0 Å². The number of rotatable bonds is 11. The van der Waals surface area contributed by atoms with Crippen LogP contribution in [-0.2, 0) is 21.8 Å². The molecule has 0 aromatic heterocycles. The van der Waals surface area contributed by atoms with Crippen molar-refractivity contribution in [2.45, 2.75) is 56.2 Å². The molecule has 2 aromatic carbocycles. The molecule has 1 N–H and O–H groups in total. The number of likely N-dealkylation sites (tertiary alicyclic amines) is 1. The zero-order valence-corrected chi connectivity index (χ0v) is 18.9. The van der Waals surface area contributed by atoms with Crippen LogP contribution < -0.4 is 5.32 Å². The number of unbranched alkanes of at least 4 members (excludes halogenated alkanes) is 3. The zero-order chi connectivity index (χ0) is 21.3. The zero-order valence-electron chi connectivity index (χ0n) is 17.4. The molecule has 0 spiro atoms. The summed E-state index contributed by atoms with van der Waals surface area (Å²) in [5.41, 5.74) is 2.43. The van der Waals surface area contributed by atoms with Gasteiger partial charge in [-0.3, -0.25) is 9.59 Å². The normalized spacial score (nSPS) is 18.2. The van der Waals surface area contributed by atoms with Crippen LogP contribution in [0.5, 0.6) is 0 Å². The molecule has 1 aliphatic rings. The maximum absolute atomic E-state index is 12.5. The van der Waals surface area contributed by atoms with Crippen molar-refractivity contribution in [3.8, 4) is 0 Å². The van der Waals surface area contributed by atoms with Gasteiger partial charge < -0.3 is 10.2 Å². The number of β-lactam (4-membered cyclic amide) rings is 1. The molecular formula is C24H29ClN2O2S. The van der Waals surface area contributed by atoms with E-state index in [1.54, 1.807) is 11.8 Å². The smallest absolute Gasteiger partial charge is 0.249 e. The minimum absolute atomic E-state index is 0.00438. The monoisotopic (exact) mass is 444 g/mol. The van der Waals surface area contributed by atoms with Gasteiger partial charge >= 0.3 is 0 Å². The number of nitrogens with one attached hydrogen (secondary N) is 1. The third-order valence-corrected chi connectivity index (χ3v) is 7.05. The van der Waals surface area contributed by atoms with Gasteiger partial charge in [-0.05, 0) is 36.5 Å². The van der Waals surface area contributed by atoms with Gasteiger partial charge in [-0.15, -0.1) is 11.8 Å². The lowest BCUT2D eigenvalue weighted by atomic mass is 10.0. The van der Waals surface area contributed by atoms with Crippen LogP contribution in [0, 0.1) is 0 Å². The number of aryl methyl sites for hydroxylation is 1. The number of nitrogens with zero attached hydrogens (tertiary/aromatic N) is 1. The second kappa shape index (κ2) is 11.4. The SMILES string of the molecule is CC(=O)NC1C(=O)N(CCCCCCc2ccccc2Cl)C1SCc1ccccc1. The first kappa shape index (κ1) is 22.7. The molecule has 30 heavy (non-hydrogen) atoms. The van der Waals surface area contributed by atoms with Crippen LogP contribution in [0.3, 0.4) is 0 Å². The number of halogens is 1. The molecule has 3 rings (SSSR count). The molecule has 2 unspecified atom stereocenters. The van der Waals surface area contributed by atoms with E-state index in [0.29, 0.717) is 0 Å². The fraction of sp³-hybridized carbons (Fsp3) is 0.417. The summed E-state index contributed by atoms with van der Waals surface area (Å²) in [4.78, 5) is 26.0. The number of thioether (sulfide) groups is 1. The number of carbonyl (C=O) groups excluding carboxylic acids is 2. The Morgan fingerprint density at radius 3 is 2.47 bits per heavy atom. The Balaban J connectivity index is 1.42. The van der Waals surface area contributed by atoms with Crippen molar-refractivity contribution in [1.82, 2.24) is 10.2 Å². The van der Waals surface area contributed by atoms with Crippen molar-refractivity contribution in [3.05, 3.63) is 70.7 Å². The molecule has 0 bridgehead atoms. The van der Waals surface area contributed by atoms with Gasteiger partial charge in [-0.25, -0.2) is 0 Å². The van der Waals surface area contributed by atoms with E-state index in [0.717, 1.165) is 49.4 Å². The highest BCUT2D eigenvalue weighted by Crippen LogP contribution is 2.32. The highest BCUT2D eigenvalue weighted by atomic mass is 35.5. The molecule has 2 atom stereocenters. The second-order valence-corrected chi connectivity index (χ2v) is 9.16. The minimum Gasteiger partial charge on any atom is -0.342 e. The van der Waals surface area contributed by atoms with Gasteiger partial charge in [-0.1, -0.05) is 73.0 Å². The predicted molar refractivity (Wildman–Crippen MR) is 124 cm³/mol. The second-order valence-electron chi connectivity index (χ2n) is 7.65. The lowest BCUT2D eigenvalue weighted by Gasteiger charge is -2.46. The largest absolute Gasteiger partial charge is 0.342 e. The molecular weight excluding hydrogens is 416 g/mol. The highest BCUT2D eigenvalue weighted by molar-refractivity contribution is 7.99. The molecule has 2 aromatic rings. The van der Waals surface area contributed by atoms with E-state index in [2.05, 4.69) is 23.5 Å². The summed E-state index contributed by atoms with van der Waals surface area (Å²) >= 11 is 7.93. The van der Waals surface area contributed by atoms with E-state index >= 15 is 0 Å². The van der Waals surface area contributed by atoms with E-state index in [9.17, 15) is 9.59 Å². The van der Waals surface area contributed by atoms with Crippen LogP contribution in [-0.4, -0.2) is 34.7 Å². The number of hydrogen-bond donors (Lipinski definition) is 1. The summed E-state index contributed by atoms with van der Waals surface area (Å²) in [6.45, 7) is 2.21. The Morgan fingerprint density at radius 2 is 1.73 bits per heavy atom.